The minimum Gasteiger partial charge on any atom is -0.478 e. The van der Waals surface area contributed by atoms with E-state index in [1.54, 1.807) is 30.3 Å². The van der Waals surface area contributed by atoms with Crippen LogP contribution in [-0.4, -0.2) is 23.2 Å². The van der Waals surface area contributed by atoms with Gasteiger partial charge in [-0.1, -0.05) is 35.4 Å². The van der Waals surface area contributed by atoms with E-state index in [1.807, 2.05) is 19.1 Å². The third-order valence-electron chi connectivity index (χ3n) is 3.78. The lowest BCUT2D eigenvalue weighted by atomic mass is 10.1. The molecule has 136 valence electrons. The molecule has 2 N–H and O–H groups in total. The number of carbonyl (C=O) groups excluding carboxylic acids is 1. The molecule has 27 heavy (non-hydrogen) atoms. The molecule has 1 heterocycles. The number of hydrogen-bond acceptors (Lipinski definition) is 4. The van der Waals surface area contributed by atoms with E-state index in [2.05, 4.69) is 10.5 Å². The molecule has 0 fully saturated rings. The fraction of sp³-hybridized carbons (Fsp3) is 0.0500. The fourth-order valence-electron chi connectivity index (χ4n) is 2.34. The van der Waals surface area contributed by atoms with Gasteiger partial charge in [-0.2, -0.15) is 5.10 Å². The van der Waals surface area contributed by atoms with Gasteiger partial charge in [0.2, 0.25) is 0 Å². The average molecular weight is 383 g/mol. The molecular weight excluding hydrogens is 368 g/mol. The van der Waals surface area contributed by atoms with Gasteiger partial charge in [-0.3, -0.25) is 4.79 Å². The highest BCUT2D eigenvalue weighted by atomic mass is 35.5. The van der Waals surface area contributed by atoms with Crippen LogP contribution in [0.2, 0.25) is 5.02 Å². The van der Waals surface area contributed by atoms with E-state index in [1.165, 1.54) is 18.3 Å². The molecule has 0 radical (unpaired) electrons. The maximum Gasteiger partial charge on any atom is 0.337 e. The van der Waals surface area contributed by atoms with Crippen molar-refractivity contribution < 1.29 is 19.1 Å². The van der Waals surface area contributed by atoms with E-state index in [9.17, 15) is 9.59 Å². The SMILES string of the molecule is Cc1ccc(C(=O)NN=Cc2ccc(-c3ccc(C(=O)O)c(Cl)c3)o2)cc1. The highest BCUT2D eigenvalue weighted by molar-refractivity contribution is 6.33. The minimum absolute atomic E-state index is 0.0209. The number of hydrogen-bond donors (Lipinski definition) is 2. The van der Waals surface area contributed by atoms with E-state index in [0.717, 1.165) is 5.56 Å². The van der Waals surface area contributed by atoms with Crippen LogP contribution in [0.4, 0.5) is 0 Å². The number of halogens is 1. The third kappa shape index (κ3) is 4.43. The molecule has 0 aliphatic rings. The summed E-state index contributed by atoms with van der Waals surface area (Å²) in [4.78, 5) is 23.0. The van der Waals surface area contributed by atoms with Crippen molar-refractivity contribution in [3.05, 3.63) is 82.1 Å². The van der Waals surface area contributed by atoms with Crippen LogP contribution >= 0.6 is 11.6 Å². The molecule has 0 saturated heterocycles. The molecule has 0 aliphatic heterocycles. The Bertz CT molecular complexity index is 1020. The van der Waals surface area contributed by atoms with Crippen LogP contribution in [-0.2, 0) is 0 Å². The number of nitrogens with one attached hydrogen (secondary N) is 1. The monoisotopic (exact) mass is 382 g/mol. The third-order valence-corrected chi connectivity index (χ3v) is 4.10. The molecule has 3 aromatic rings. The summed E-state index contributed by atoms with van der Waals surface area (Å²) in [7, 11) is 0. The lowest BCUT2D eigenvalue weighted by Gasteiger charge is -2.01. The zero-order valence-electron chi connectivity index (χ0n) is 14.3. The standard InChI is InChI=1S/C20H15ClN2O4/c1-12-2-4-13(5-3-12)19(24)23-22-11-15-7-9-18(27-15)14-6-8-16(20(25)26)17(21)10-14/h2-11H,1H3,(H,23,24)(H,25,26). The van der Waals surface area contributed by atoms with E-state index in [4.69, 9.17) is 21.1 Å². The molecule has 6 nitrogen and oxygen atoms in total. The van der Waals surface area contributed by atoms with Crippen molar-refractivity contribution in [2.24, 2.45) is 5.10 Å². The van der Waals surface area contributed by atoms with Gasteiger partial charge in [-0.15, -0.1) is 0 Å². The lowest BCUT2D eigenvalue weighted by Crippen LogP contribution is -2.17. The number of carboxylic acid groups (broad SMARTS) is 1. The minimum atomic E-state index is -1.09. The zero-order valence-corrected chi connectivity index (χ0v) is 15.0. The quantitative estimate of drug-likeness (QED) is 0.506. The van der Waals surface area contributed by atoms with Crippen molar-refractivity contribution in [2.75, 3.05) is 0 Å². The number of hydrazone groups is 1. The van der Waals surface area contributed by atoms with Crippen molar-refractivity contribution in [3.63, 3.8) is 0 Å². The van der Waals surface area contributed by atoms with Crippen LogP contribution in [0.1, 0.15) is 32.0 Å². The summed E-state index contributed by atoms with van der Waals surface area (Å²) < 4.78 is 5.62. The topological polar surface area (TPSA) is 91.9 Å². The van der Waals surface area contributed by atoms with Gasteiger partial charge < -0.3 is 9.52 Å². The van der Waals surface area contributed by atoms with Crippen LogP contribution in [0.5, 0.6) is 0 Å². The highest BCUT2D eigenvalue weighted by Crippen LogP contribution is 2.27. The first-order valence-electron chi connectivity index (χ1n) is 7.97. The second-order valence-corrected chi connectivity index (χ2v) is 6.17. The Hall–Kier alpha value is -3.38. The summed E-state index contributed by atoms with van der Waals surface area (Å²) >= 11 is 5.97. The Kier molecular flexibility index (Phi) is 5.38. The number of nitrogens with zero attached hydrogens (tertiary/aromatic N) is 1. The smallest absolute Gasteiger partial charge is 0.337 e. The van der Waals surface area contributed by atoms with Gasteiger partial charge in [0.05, 0.1) is 16.8 Å². The number of rotatable bonds is 5. The van der Waals surface area contributed by atoms with Crippen molar-refractivity contribution in [3.8, 4) is 11.3 Å². The summed E-state index contributed by atoms with van der Waals surface area (Å²) in [6, 6.07) is 15.0. The van der Waals surface area contributed by atoms with Crippen molar-refractivity contribution in [1.82, 2.24) is 5.43 Å². The predicted octanol–water partition coefficient (Wildman–Crippen LogP) is 4.37. The summed E-state index contributed by atoms with van der Waals surface area (Å²) in [5.41, 5.74) is 4.65. The molecule has 7 heteroatoms. The molecule has 2 aromatic carbocycles. The van der Waals surface area contributed by atoms with Gasteiger partial charge in [-0.05, 0) is 43.3 Å². The second kappa shape index (κ2) is 7.88. The molecule has 1 aromatic heterocycles. The summed E-state index contributed by atoms with van der Waals surface area (Å²) in [6.07, 6.45) is 1.38. The average Bonchev–Trinajstić information content (AvgIpc) is 3.10. The Labute approximate surface area is 160 Å². The van der Waals surface area contributed by atoms with Crippen LogP contribution in [0.3, 0.4) is 0 Å². The number of aromatic carboxylic acids is 1. The normalized spacial score (nSPS) is 10.9. The van der Waals surface area contributed by atoms with Gasteiger partial charge in [0, 0.05) is 11.1 Å². The Morgan fingerprint density at radius 3 is 2.52 bits per heavy atom. The van der Waals surface area contributed by atoms with Crippen LogP contribution < -0.4 is 5.43 Å². The van der Waals surface area contributed by atoms with Gasteiger partial charge in [0.25, 0.3) is 5.91 Å². The number of carboxylic acids is 1. The molecule has 1 amide bonds. The molecule has 0 unspecified atom stereocenters. The summed E-state index contributed by atoms with van der Waals surface area (Å²) in [6.45, 7) is 1.94. The number of carbonyl (C=O) groups is 2. The zero-order chi connectivity index (χ0) is 19.4. The van der Waals surface area contributed by atoms with Crippen LogP contribution in [0.15, 0.2) is 64.1 Å². The van der Waals surface area contributed by atoms with Crippen molar-refractivity contribution >= 4 is 29.7 Å². The highest BCUT2D eigenvalue weighted by Gasteiger charge is 2.11. The maximum absolute atomic E-state index is 12.0. The van der Waals surface area contributed by atoms with Gasteiger partial charge in [-0.25, -0.2) is 10.2 Å². The molecule has 0 atom stereocenters. The largest absolute Gasteiger partial charge is 0.478 e. The Morgan fingerprint density at radius 1 is 1.11 bits per heavy atom. The summed E-state index contributed by atoms with van der Waals surface area (Å²) in [5, 5.41) is 13.0. The van der Waals surface area contributed by atoms with Gasteiger partial charge in [0.1, 0.15) is 11.5 Å². The number of aryl methyl sites for hydroxylation is 1. The molecular formula is C20H15ClN2O4. The Morgan fingerprint density at radius 2 is 1.85 bits per heavy atom. The first-order chi connectivity index (χ1) is 12.9. The van der Waals surface area contributed by atoms with Gasteiger partial charge in [0.15, 0.2) is 0 Å². The van der Waals surface area contributed by atoms with Crippen LogP contribution in [0.25, 0.3) is 11.3 Å². The van der Waals surface area contributed by atoms with Crippen molar-refractivity contribution in [2.45, 2.75) is 6.92 Å². The first-order valence-corrected chi connectivity index (χ1v) is 8.35. The van der Waals surface area contributed by atoms with Gasteiger partial charge >= 0.3 is 5.97 Å². The number of amides is 1. The van der Waals surface area contributed by atoms with E-state index < -0.39 is 5.97 Å². The molecule has 3 rings (SSSR count). The lowest BCUT2D eigenvalue weighted by molar-refractivity contribution is 0.0696. The second-order valence-electron chi connectivity index (χ2n) is 5.77. The predicted molar refractivity (Wildman–Crippen MR) is 102 cm³/mol. The molecule has 0 aliphatic carbocycles. The van der Waals surface area contributed by atoms with Crippen molar-refractivity contribution in [1.29, 1.82) is 0 Å². The fourth-order valence-corrected chi connectivity index (χ4v) is 2.60. The van der Waals surface area contributed by atoms with E-state index >= 15 is 0 Å². The van der Waals surface area contributed by atoms with E-state index in [0.29, 0.717) is 22.6 Å². The maximum atomic E-state index is 12.0. The number of benzene rings is 2. The molecule has 0 bridgehead atoms. The van der Waals surface area contributed by atoms with Crippen LogP contribution in [0, 0.1) is 6.92 Å². The summed E-state index contributed by atoms with van der Waals surface area (Å²) in [5.74, 6) is -0.495. The Balaban J connectivity index is 1.68. The number of furan rings is 1. The molecule has 0 spiro atoms. The molecule has 0 saturated carbocycles. The first kappa shape index (κ1) is 18.4. The van der Waals surface area contributed by atoms with E-state index in [-0.39, 0.29) is 16.5 Å².